The molecule has 0 N–H and O–H groups in total. The molecule has 3 aromatic carbocycles. The number of rotatable bonds is 5. The molecule has 0 atom stereocenters. The van der Waals surface area contributed by atoms with Crippen molar-refractivity contribution in [3.05, 3.63) is 103 Å². The molecular formula is C25H18N2OS. The van der Waals surface area contributed by atoms with E-state index in [2.05, 4.69) is 64.0 Å². The van der Waals surface area contributed by atoms with E-state index in [-0.39, 0.29) is 0 Å². The lowest BCUT2D eigenvalue weighted by atomic mass is 10.00. The van der Waals surface area contributed by atoms with Crippen LogP contribution in [-0.4, -0.2) is 9.36 Å². The van der Waals surface area contributed by atoms with Crippen LogP contribution in [0.4, 0.5) is 0 Å². The van der Waals surface area contributed by atoms with Crippen molar-refractivity contribution in [1.82, 2.24) is 9.36 Å². The molecule has 2 heterocycles. The monoisotopic (exact) mass is 394 g/mol. The molecule has 0 amide bonds. The Balaban J connectivity index is 1.60. The van der Waals surface area contributed by atoms with Crippen LogP contribution in [0.5, 0.6) is 5.88 Å². The fourth-order valence-electron chi connectivity index (χ4n) is 3.40. The maximum Gasteiger partial charge on any atom is 0.234 e. The van der Waals surface area contributed by atoms with Gasteiger partial charge in [0.1, 0.15) is 6.61 Å². The molecule has 5 rings (SSSR count). The third kappa shape index (κ3) is 3.62. The van der Waals surface area contributed by atoms with Crippen LogP contribution in [-0.2, 0) is 6.61 Å². The Kier molecular flexibility index (Phi) is 4.76. The number of ether oxygens (including phenoxy) is 1. The molecule has 0 aliphatic carbocycles. The normalized spacial score (nSPS) is 10.9. The van der Waals surface area contributed by atoms with Crippen LogP contribution in [0.1, 0.15) is 5.56 Å². The highest BCUT2D eigenvalue weighted by molar-refractivity contribution is 7.10. The Morgan fingerprint density at radius 3 is 2.31 bits per heavy atom. The van der Waals surface area contributed by atoms with E-state index >= 15 is 0 Å². The number of fused-ring (bicyclic) bond motifs is 1. The summed E-state index contributed by atoms with van der Waals surface area (Å²) in [5.41, 5.74) is 4.35. The quantitative estimate of drug-likeness (QED) is 0.337. The fraction of sp³-hybridized carbons (Fsp3) is 0.0400. The third-order valence-electron chi connectivity index (χ3n) is 4.86. The van der Waals surface area contributed by atoms with Gasteiger partial charge in [-0.3, -0.25) is 4.98 Å². The van der Waals surface area contributed by atoms with Crippen molar-refractivity contribution < 1.29 is 4.74 Å². The van der Waals surface area contributed by atoms with Crippen molar-refractivity contribution in [2.75, 3.05) is 0 Å². The second kappa shape index (κ2) is 7.86. The van der Waals surface area contributed by atoms with Crippen molar-refractivity contribution >= 4 is 22.3 Å². The van der Waals surface area contributed by atoms with E-state index in [4.69, 9.17) is 4.74 Å². The van der Waals surface area contributed by atoms with Crippen molar-refractivity contribution in [2.24, 2.45) is 0 Å². The molecule has 0 aliphatic rings. The van der Waals surface area contributed by atoms with Crippen LogP contribution in [0.15, 0.2) is 97.3 Å². The van der Waals surface area contributed by atoms with Gasteiger partial charge >= 0.3 is 0 Å². The molecule has 0 aliphatic heterocycles. The molecule has 0 spiro atoms. The summed E-state index contributed by atoms with van der Waals surface area (Å²) >= 11 is 1.46. The first-order chi connectivity index (χ1) is 14.4. The lowest BCUT2D eigenvalue weighted by Crippen LogP contribution is -1.96. The average molecular weight is 394 g/mol. The first kappa shape index (κ1) is 17.6. The van der Waals surface area contributed by atoms with Crippen LogP contribution in [0.25, 0.3) is 32.3 Å². The minimum absolute atomic E-state index is 0.487. The zero-order chi connectivity index (χ0) is 19.5. The van der Waals surface area contributed by atoms with E-state index in [0.717, 1.165) is 27.1 Å². The minimum Gasteiger partial charge on any atom is -0.472 e. The van der Waals surface area contributed by atoms with Gasteiger partial charge in [-0.1, -0.05) is 66.7 Å². The highest BCUT2D eigenvalue weighted by Gasteiger charge is 2.19. The smallest absolute Gasteiger partial charge is 0.234 e. The van der Waals surface area contributed by atoms with Crippen LogP contribution in [0, 0.1) is 0 Å². The molecule has 140 valence electrons. The predicted octanol–water partition coefficient (Wildman–Crippen LogP) is 6.60. The van der Waals surface area contributed by atoms with Gasteiger partial charge in [0.15, 0.2) is 0 Å². The van der Waals surface area contributed by atoms with Gasteiger partial charge in [0.05, 0.1) is 10.4 Å². The Labute approximate surface area is 173 Å². The third-order valence-corrected chi connectivity index (χ3v) is 5.74. The molecule has 0 saturated heterocycles. The second-order valence-corrected chi connectivity index (χ2v) is 7.54. The maximum absolute atomic E-state index is 6.18. The molecule has 3 nitrogen and oxygen atoms in total. The van der Waals surface area contributed by atoms with E-state index in [9.17, 15) is 0 Å². The van der Waals surface area contributed by atoms with Gasteiger partial charge in [0.2, 0.25) is 5.88 Å². The lowest BCUT2D eigenvalue weighted by Gasteiger charge is -2.10. The van der Waals surface area contributed by atoms with Gasteiger partial charge in [-0.25, -0.2) is 0 Å². The standard InChI is InChI=1S/C25H18N2OS/c1-2-6-18(7-3-1)17-28-25-23(24(29-27-25)20-12-14-26-15-13-20)22-11-10-19-8-4-5-9-21(19)16-22/h1-16H,17H2. The molecule has 0 bridgehead atoms. The van der Waals surface area contributed by atoms with E-state index < -0.39 is 0 Å². The number of aromatic nitrogens is 2. The Morgan fingerprint density at radius 1 is 0.724 bits per heavy atom. The summed E-state index contributed by atoms with van der Waals surface area (Å²) in [5, 5.41) is 2.42. The van der Waals surface area contributed by atoms with Crippen molar-refractivity contribution in [3.8, 4) is 27.4 Å². The van der Waals surface area contributed by atoms with Crippen LogP contribution >= 0.6 is 11.5 Å². The van der Waals surface area contributed by atoms with Crippen LogP contribution in [0.2, 0.25) is 0 Å². The predicted molar refractivity (Wildman–Crippen MR) is 119 cm³/mol. The molecule has 4 heteroatoms. The first-order valence-electron chi connectivity index (χ1n) is 9.44. The van der Waals surface area contributed by atoms with Gasteiger partial charge in [-0.15, -0.1) is 0 Å². The molecule has 0 unspecified atom stereocenters. The molecule has 29 heavy (non-hydrogen) atoms. The number of nitrogens with zero attached hydrogens (tertiary/aromatic N) is 2. The summed E-state index contributed by atoms with van der Waals surface area (Å²) in [5.74, 6) is 0.668. The number of benzene rings is 3. The van der Waals surface area contributed by atoms with Gasteiger partial charge < -0.3 is 4.74 Å². The van der Waals surface area contributed by atoms with Crippen molar-refractivity contribution in [3.63, 3.8) is 0 Å². The summed E-state index contributed by atoms with van der Waals surface area (Å²) in [6, 6.07) is 29.1. The first-order valence-corrected chi connectivity index (χ1v) is 10.2. The van der Waals surface area contributed by atoms with Gasteiger partial charge in [0.25, 0.3) is 0 Å². The van der Waals surface area contributed by atoms with Crippen molar-refractivity contribution in [2.45, 2.75) is 6.61 Å². The van der Waals surface area contributed by atoms with E-state index in [1.54, 1.807) is 0 Å². The summed E-state index contributed by atoms with van der Waals surface area (Å²) in [4.78, 5) is 5.24. The zero-order valence-electron chi connectivity index (χ0n) is 15.7. The number of hydrogen-bond donors (Lipinski definition) is 0. The highest BCUT2D eigenvalue weighted by atomic mass is 32.1. The molecule has 0 radical (unpaired) electrons. The Bertz CT molecular complexity index is 1250. The molecule has 2 aromatic heterocycles. The molecule has 0 saturated carbocycles. The van der Waals surface area contributed by atoms with E-state index in [1.165, 1.54) is 22.3 Å². The van der Waals surface area contributed by atoms with E-state index in [0.29, 0.717) is 12.5 Å². The summed E-state index contributed by atoms with van der Waals surface area (Å²) in [7, 11) is 0. The Morgan fingerprint density at radius 2 is 1.48 bits per heavy atom. The summed E-state index contributed by atoms with van der Waals surface area (Å²) < 4.78 is 10.8. The molecule has 5 aromatic rings. The number of pyridine rings is 1. The maximum atomic E-state index is 6.18. The lowest BCUT2D eigenvalue weighted by molar-refractivity contribution is 0.298. The molecule has 0 fully saturated rings. The van der Waals surface area contributed by atoms with Gasteiger partial charge in [-0.2, -0.15) is 4.37 Å². The fourth-order valence-corrected chi connectivity index (χ4v) is 4.26. The van der Waals surface area contributed by atoms with Gasteiger partial charge in [-0.05, 0) is 57.2 Å². The van der Waals surface area contributed by atoms with Crippen LogP contribution < -0.4 is 4.74 Å². The van der Waals surface area contributed by atoms with Crippen LogP contribution in [0.3, 0.4) is 0 Å². The largest absolute Gasteiger partial charge is 0.472 e. The minimum atomic E-state index is 0.487. The molecular weight excluding hydrogens is 376 g/mol. The average Bonchev–Trinajstić information content (AvgIpc) is 3.22. The zero-order valence-corrected chi connectivity index (χ0v) is 16.5. The number of hydrogen-bond acceptors (Lipinski definition) is 4. The topological polar surface area (TPSA) is 35.0 Å². The second-order valence-electron chi connectivity index (χ2n) is 6.76. The van der Waals surface area contributed by atoms with Crippen molar-refractivity contribution in [1.29, 1.82) is 0 Å². The SMILES string of the molecule is c1ccc(COc2nsc(-c3ccncc3)c2-c2ccc3ccccc3c2)cc1. The highest BCUT2D eigenvalue weighted by Crippen LogP contribution is 2.43. The Hall–Kier alpha value is -3.50. The van der Waals surface area contributed by atoms with Gasteiger partial charge in [0, 0.05) is 12.4 Å². The summed E-state index contributed by atoms with van der Waals surface area (Å²) in [6.07, 6.45) is 3.62. The summed E-state index contributed by atoms with van der Waals surface area (Å²) in [6.45, 7) is 0.487. The van der Waals surface area contributed by atoms with E-state index in [1.807, 2.05) is 42.7 Å².